The molecule has 3 rings (SSSR count). The van der Waals surface area contributed by atoms with E-state index in [1.165, 1.54) is 4.90 Å². The lowest BCUT2D eigenvalue weighted by Gasteiger charge is -2.05. The highest BCUT2D eigenvalue weighted by Crippen LogP contribution is 2.23. The molecule has 3 aromatic rings. The molecule has 0 unspecified atom stereocenters. The zero-order chi connectivity index (χ0) is 13.9. The van der Waals surface area contributed by atoms with Gasteiger partial charge in [-0.3, -0.25) is 0 Å². The summed E-state index contributed by atoms with van der Waals surface area (Å²) in [4.78, 5) is 9.32. The quantitative estimate of drug-likeness (QED) is 0.546. The van der Waals surface area contributed by atoms with E-state index in [0.29, 0.717) is 0 Å². The molecule has 0 atom stereocenters. The average molecular weight is 288 g/mol. The van der Waals surface area contributed by atoms with Crippen LogP contribution < -0.4 is 4.90 Å². The topological polar surface area (TPSA) is 58.9 Å². The van der Waals surface area contributed by atoms with Crippen molar-refractivity contribution in [3.05, 3.63) is 24.3 Å². The van der Waals surface area contributed by atoms with Crippen molar-refractivity contribution in [2.75, 3.05) is 26.4 Å². The Kier molecular flexibility index (Phi) is 3.84. The van der Waals surface area contributed by atoms with E-state index in [1.54, 1.807) is 11.8 Å². The maximum atomic E-state index is 4.56. The molecule has 2 N–H and O–H groups in total. The van der Waals surface area contributed by atoms with E-state index in [1.807, 2.05) is 24.3 Å². The van der Waals surface area contributed by atoms with Gasteiger partial charge >= 0.3 is 0 Å². The van der Waals surface area contributed by atoms with Crippen LogP contribution in [0.4, 0.5) is 0 Å². The number of nitrogens with one attached hydrogen (secondary N) is 2. The van der Waals surface area contributed by atoms with Crippen molar-refractivity contribution in [3.63, 3.8) is 0 Å². The maximum Gasteiger partial charge on any atom is 0.211 e. The smallest absolute Gasteiger partial charge is 0.211 e. The monoisotopic (exact) mass is 288 g/mol. The Morgan fingerprint density at radius 2 is 2.05 bits per heavy atom. The van der Waals surface area contributed by atoms with Crippen LogP contribution in [0.15, 0.2) is 29.4 Å². The predicted octanol–water partition coefficient (Wildman–Crippen LogP) is 1.13. The molecule has 0 spiro atoms. The number of H-pyrrole nitrogens is 1. The summed E-state index contributed by atoms with van der Waals surface area (Å²) in [6.07, 6.45) is 1.15. The first-order valence-electron chi connectivity index (χ1n) is 6.77. The van der Waals surface area contributed by atoms with Crippen LogP contribution in [0.2, 0.25) is 0 Å². The second kappa shape index (κ2) is 5.76. The van der Waals surface area contributed by atoms with Gasteiger partial charge in [-0.15, -0.1) is 10.2 Å². The SMILES string of the molecule is C[NH+](C)CCCSc1nnc2c(n1)[nH]c1ccccc12. The van der Waals surface area contributed by atoms with Crippen molar-refractivity contribution in [3.8, 4) is 0 Å². The van der Waals surface area contributed by atoms with Crippen molar-refractivity contribution in [1.29, 1.82) is 0 Å². The minimum atomic E-state index is 0.748. The number of fused-ring (bicyclic) bond motifs is 3. The number of aromatic nitrogens is 4. The molecule has 2 heterocycles. The molecule has 6 heteroatoms. The summed E-state index contributed by atoms with van der Waals surface area (Å²) in [5.41, 5.74) is 2.73. The van der Waals surface area contributed by atoms with Crippen molar-refractivity contribution < 1.29 is 4.90 Å². The standard InChI is InChI=1S/C14H17N5S/c1-19(2)8-5-9-20-14-16-13-12(17-18-14)10-6-3-4-7-11(10)15-13/h3-4,6-7H,5,8-9H2,1-2H3,(H,15,16,18)/p+1. The number of para-hydroxylation sites is 1. The van der Waals surface area contributed by atoms with Gasteiger partial charge in [0.25, 0.3) is 0 Å². The molecule has 2 aromatic heterocycles. The Hall–Kier alpha value is -1.66. The Bertz CT molecular complexity index is 722. The Morgan fingerprint density at radius 3 is 2.90 bits per heavy atom. The summed E-state index contributed by atoms with van der Waals surface area (Å²) < 4.78 is 0. The molecule has 0 saturated carbocycles. The summed E-state index contributed by atoms with van der Waals surface area (Å²) in [5.74, 6) is 1.03. The number of quaternary nitrogens is 1. The van der Waals surface area contributed by atoms with Gasteiger partial charge in [-0.05, 0) is 6.07 Å². The zero-order valence-corrected chi connectivity index (χ0v) is 12.5. The van der Waals surface area contributed by atoms with Crippen LogP contribution in [0.1, 0.15) is 6.42 Å². The highest BCUT2D eigenvalue weighted by atomic mass is 32.2. The third-order valence-corrected chi connectivity index (χ3v) is 4.08. The van der Waals surface area contributed by atoms with E-state index in [4.69, 9.17) is 0 Å². The minimum absolute atomic E-state index is 0.748. The van der Waals surface area contributed by atoms with Crippen molar-refractivity contribution in [1.82, 2.24) is 20.2 Å². The van der Waals surface area contributed by atoms with Crippen LogP contribution in [0.3, 0.4) is 0 Å². The van der Waals surface area contributed by atoms with Crippen LogP contribution in [-0.2, 0) is 0 Å². The molecule has 20 heavy (non-hydrogen) atoms. The molecule has 1 aromatic carbocycles. The third-order valence-electron chi connectivity index (χ3n) is 3.15. The Balaban J connectivity index is 1.78. The van der Waals surface area contributed by atoms with E-state index in [-0.39, 0.29) is 0 Å². The third kappa shape index (κ3) is 2.76. The molecule has 0 aliphatic carbocycles. The molecule has 0 fully saturated rings. The number of hydrogen-bond acceptors (Lipinski definition) is 4. The van der Waals surface area contributed by atoms with E-state index in [0.717, 1.165) is 45.9 Å². The lowest BCUT2D eigenvalue weighted by molar-refractivity contribution is -0.858. The summed E-state index contributed by atoms with van der Waals surface area (Å²) >= 11 is 1.67. The van der Waals surface area contributed by atoms with Gasteiger partial charge in [0, 0.05) is 23.1 Å². The lowest BCUT2D eigenvalue weighted by Crippen LogP contribution is -3.05. The number of benzene rings is 1. The highest BCUT2D eigenvalue weighted by molar-refractivity contribution is 7.99. The van der Waals surface area contributed by atoms with Gasteiger partial charge in [0.2, 0.25) is 5.16 Å². The minimum Gasteiger partial charge on any atom is -0.340 e. The van der Waals surface area contributed by atoms with E-state index >= 15 is 0 Å². The number of thioether (sulfide) groups is 1. The van der Waals surface area contributed by atoms with Gasteiger partial charge in [-0.25, -0.2) is 4.98 Å². The summed E-state index contributed by atoms with van der Waals surface area (Å²) in [7, 11) is 4.33. The first kappa shape index (κ1) is 13.3. The van der Waals surface area contributed by atoms with Crippen LogP contribution in [0, 0.1) is 0 Å². The molecule has 104 valence electrons. The van der Waals surface area contributed by atoms with E-state index < -0.39 is 0 Å². The Morgan fingerprint density at radius 1 is 1.20 bits per heavy atom. The van der Waals surface area contributed by atoms with Gasteiger partial charge < -0.3 is 9.88 Å². The van der Waals surface area contributed by atoms with Crippen LogP contribution >= 0.6 is 11.8 Å². The van der Waals surface area contributed by atoms with Crippen molar-refractivity contribution in [2.45, 2.75) is 11.6 Å². The van der Waals surface area contributed by atoms with Crippen LogP contribution in [0.5, 0.6) is 0 Å². The van der Waals surface area contributed by atoms with Crippen LogP contribution in [0.25, 0.3) is 22.1 Å². The number of rotatable bonds is 5. The van der Waals surface area contributed by atoms with Gasteiger partial charge in [0.15, 0.2) is 5.65 Å². The zero-order valence-electron chi connectivity index (χ0n) is 11.7. The molecular formula is C14H18N5S+. The fourth-order valence-electron chi connectivity index (χ4n) is 2.16. The summed E-state index contributed by atoms with van der Waals surface area (Å²) in [5, 5.41) is 10.4. The molecule has 0 amide bonds. The molecule has 5 nitrogen and oxygen atoms in total. The Labute approximate surface area is 121 Å². The molecule has 0 radical (unpaired) electrons. The molecule has 0 aliphatic heterocycles. The second-order valence-electron chi connectivity index (χ2n) is 5.12. The number of aromatic amines is 1. The van der Waals surface area contributed by atoms with Gasteiger partial charge in [0.1, 0.15) is 5.52 Å². The summed E-state index contributed by atoms with van der Waals surface area (Å²) in [6.45, 7) is 1.16. The molecule has 0 bridgehead atoms. The summed E-state index contributed by atoms with van der Waals surface area (Å²) in [6, 6.07) is 8.08. The average Bonchev–Trinajstić information content (AvgIpc) is 2.81. The predicted molar refractivity (Wildman–Crippen MR) is 82.2 cm³/mol. The lowest BCUT2D eigenvalue weighted by atomic mass is 10.2. The first-order chi connectivity index (χ1) is 9.74. The van der Waals surface area contributed by atoms with Gasteiger partial charge in [0.05, 0.1) is 20.6 Å². The first-order valence-corrected chi connectivity index (χ1v) is 7.75. The molecule has 0 aliphatic rings. The largest absolute Gasteiger partial charge is 0.340 e. The second-order valence-corrected chi connectivity index (χ2v) is 6.18. The highest BCUT2D eigenvalue weighted by Gasteiger charge is 2.08. The fourth-order valence-corrected chi connectivity index (χ4v) is 2.88. The fraction of sp³-hybridized carbons (Fsp3) is 0.357. The molecule has 0 saturated heterocycles. The van der Waals surface area contributed by atoms with E-state index in [9.17, 15) is 0 Å². The van der Waals surface area contributed by atoms with Crippen molar-refractivity contribution >= 4 is 33.8 Å². The molecular weight excluding hydrogens is 270 g/mol. The maximum absolute atomic E-state index is 4.56. The van der Waals surface area contributed by atoms with E-state index in [2.05, 4.69) is 34.3 Å². The van der Waals surface area contributed by atoms with Gasteiger partial charge in [-0.2, -0.15) is 0 Å². The van der Waals surface area contributed by atoms with Crippen LogP contribution in [-0.4, -0.2) is 46.6 Å². The number of hydrogen-bond donors (Lipinski definition) is 2. The normalized spacial score (nSPS) is 11.8. The van der Waals surface area contributed by atoms with Crippen molar-refractivity contribution in [2.24, 2.45) is 0 Å². The number of nitrogens with zero attached hydrogens (tertiary/aromatic N) is 3. The van der Waals surface area contributed by atoms with Gasteiger partial charge in [-0.1, -0.05) is 30.0 Å².